The average Bonchev–Trinajstić information content (AvgIpc) is 2.75. The van der Waals surface area contributed by atoms with Crippen molar-refractivity contribution in [3.05, 3.63) is 58.1 Å². The van der Waals surface area contributed by atoms with Gasteiger partial charge in [0.2, 0.25) is 4.80 Å². The zero-order valence-electron chi connectivity index (χ0n) is 12.9. The van der Waals surface area contributed by atoms with Crippen LogP contribution in [-0.2, 0) is 17.1 Å². The van der Waals surface area contributed by atoms with Gasteiger partial charge in [-0.1, -0.05) is 17.4 Å². The molecule has 3 rings (SSSR count). The van der Waals surface area contributed by atoms with Gasteiger partial charge < -0.3 is 4.57 Å². The van der Waals surface area contributed by atoms with Gasteiger partial charge in [-0.2, -0.15) is 8.42 Å². The van der Waals surface area contributed by atoms with Crippen molar-refractivity contribution in [1.82, 2.24) is 4.57 Å². The molecule has 1 heterocycles. The molecule has 0 aliphatic rings. The SMILES string of the molecule is Cc1cc(C)c2c(c1)sc(=NS(=O)(=O)c1ccc(F)cc1)n2C. The van der Waals surface area contributed by atoms with Crippen molar-refractivity contribution in [3.8, 4) is 0 Å². The van der Waals surface area contributed by atoms with Gasteiger partial charge >= 0.3 is 0 Å². The Morgan fingerprint density at radius 1 is 1.13 bits per heavy atom. The Kier molecular flexibility index (Phi) is 3.85. The van der Waals surface area contributed by atoms with Crippen molar-refractivity contribution < 1.29 is 12.8 Å². The molecular weight excluding hydrogens is 335 g/mol. The molecule has 0 aliphatic carbocycles. The molecule has 4 nitrogen and oxygen atoms in total. The van der Waals surface area contributed by atoms with Gasteiger partial charge in [-0.15, -0.1) is 4.40 Å². The van der Waals surface area contributed by atoms with Crippen LogP contribution in [0.25, 0.3) is 10.2 Å². The molecule has 23 heavy (non-hydrogen) atoms. The number of nitrogens with zero attached hydrogens (tertiary/aromatic N) is 2. The molecular formula is C16H15FN2O2S2. The molecule has 2 aromatic carbocycles. The fourth-order valence-corrected chi connectivity index (χ4v) is 4.95. The first-order valence-corrected chi connectivity index (χ1v) is 9.17. The van der Waals surface area contributed by atoms with Crippen molar-refractivity contribution in [2.75, 3.05) is 0 Å². The van der Waals surface area contributed by atoms with Crippen LogP contribution in [0, 0.1) is 19.7 Å². The molecule has 0 aliphatic heterocycles. The molecule has 0 bridgehead atoms. The number of aromatic nitrogens is 1. The summed E-state index contributed by atoms with van der Waals surface area (Å²) in [6, 6.07) is 8.72. The van der Waals surface area contributed by atoms with Gasteiger partial charge in [0, 0.05) is 7.05 Å². The molecule has 0 N–H and O–H groups in total. The highest BCUT2D eigenvalue weighted by molar-refractivity contribution is 7.90. The second kappa shape index (κ2) is 5.58. The molecule has 0 saturated carbocycles. The molecule has 0 spiro atoms. The minimum Gasteiger partial charge on any atom is -0.319 e. The van der Waals surface area contributed by atoms with Gasteiger partial charge in [0.1, 0.15) is 5.82 Å². The van der Waals surface area contributed by atoms with E-state index in [2.05, 4.69) is 4.40 Å². The lowest BCUT2D eigenvalue weighted by atomic mass is 10.1. The third-order valence-corrected chi connectivity index (χ3v) is 6.02. The van der Waals surface area contributed by atoms with Crippen molar-refractivity contribution in [2.24, 2.45) is 11.4 Å². The van der Waals surface area contributed by atoms with Crippen LogP contribution in [0.5, 0.6) is 0 Å². The molecule has 0 amide bonds. The maximum atomic E-state index is 13.0. The van der Waals surface area contributed by atoms with E-state index in [-0.39, 0.29) is 4.90 Å². The van der Waals surface area contributed by atoms with E-state index < -0.39 is 15.8 Å². The first kappa shape index (κ1) is 15.9. The Morgan fingerprint density at radius 2 is 1.78 bits per heavy atom. The highest BCUT2D eigenvalue weighted by Gasteiger charge is 2.14. The Bertz CT molecular complexity index is 1060. The van der Waals surface area contributed by atoms with E-state index in [0.717, 1.165) is 33.5 Å². The second-order valence-electron chi connectivity index (χ2n) is 5.39. The third kappa shape index (κ3) is 2.94. The topological polar surface area (TPSA) is 51.4 Å². The summed E-state index contributed by atoms with van der Waals surface area (Å²) in [7, 11) is -2.08. The quantitative estimate of drug-likeness (QED) is 0.712. The fraction of sp³-hybridized carbons (Fsp3) is 0.188. The molecule has 0 unspecified atom stereocenters. The Morgan fingerprint density at radius 3 is 2.43 bits per heavy atom. The van der Waals surface area contributed by atoms with Crippen LogP contribution in [0.1, 0.15) is 11.1 Å². The van der Waals surface area contributed by atoms with E-state index in [9.17, 15) is 12.8 Å². The van der Waals surface area contributed by atoms with Crippen LogP contribution in [0.2, 0.25) is 0 Å². The Labute approximate surface area is 137 Å². The number of rotatable bonds is 2. The van der Waals surface area contributed by atoms with Crippen LogP contribution in [0.3, 0.4) is 0 Å². The minimum atomic E-state index is -3.88. The van der Waals surface area contributed by atoms with Gasteiger partial charge in [0.15, 0.2) is 0 Å². The average molecular weight is 350 g/mol. The summed E-state index contributed by atoms with van der Waals surface area (Å²) >= 11 is 1.32. The van der Waals surface area contributed by atoms with Crippen LogP contribution in [0.4, 0.5) is 4.39 Å². The number of hydrogen-bond acceptors (Lipinski definition) is 3. The van der Waals surface area contributed by atoms with Crippen LogP contribution in [0.15, 0.2) is 45.7 Å². The zero-order valence-corrected chi connectivity index (χ0v) is 14.5. The van der Waals surface area contributed by atoms with E-state index in [1.807, 2.05) is 26.0 Å². The lowest BCUT2D eigenvalue weighted by Crippen LogP contribution is -2.14. The normalized spacial score (nSPS) is 13.0. The first-order valence-electron chi connectivity index (χ1n) is 6.91. The summed E-state index contributed by atoms with van der Waals surface area (Å²) in [6.45, 7) is 3.98. The summed E-state index contributed by atoms with van der Waals surface area (Å²) in [6.07, 6.45) is 0. The number of halogens is 1. The second-order valence-corrected chi connectivity index (χ2v) is 8.01. The molecule has 1 aromatic heterocycles. The molecule has 7 heteroatoms. The molecule has 3 aromatic rings. The maximum Gasteiger partial charge on any atom is 0.285 e. The Hall–Kier alpha value is -1.99. The van der Waals surface area contributed by atoms with Crippen molar-refractivity contribution >= 4 is 31.6 Å². The van der Waals surface area contributed by atoms with E-state index >= 15 is 0 Å². The standard InChI is InChI=1S/C16H15FN2O2S2/c1-10-8-11(2)15-14(9-10)22-16(19(15)3)18-23(20,21)13-6-4-12(17)5-7-13/h4-9H,1-3H3. The molecule has 0 saturated heterocycles. The van der Waals surface area contributed by atoms with E-state index in [4.69, 9.17) is 0 Å². The van der Waals surface area contributed by atoms with Gasteiger partial charge in [-0.05, 0) is 55.3 Å². The predicted octanol–water partition coefficient (Wildman–Crippen LogP) is 3.29. The Balaban J connectivity index is 2.23. The molecule has 120 valence electrons. The smallest absolute Gasteiger partial charge is 0.285 e. The summed E-state index contributed by atoms with van der Waals surface area (Å²) < 4.78 is 44.4. The van der Waals surface area contributed by atoms with E-state index in [0.29, 0.717) is 4.80 Å². The van der Waals surface area contributed by atoms with Gasteiger partial charge in [0.05, 0.1) is 15.1 Å². The van der Waals surface area contributed by atoms with Crippen molar-refractivity contribution in [3.63, 3.8) is 0 Å². The molecule has 0 atom stereocenters. The van der Waals surface area contributed by atoms with Crippen molar-refractivity contribution in [1.29, 1.82) is 0 Å². The number of hydrogen-bond donors (Lipinski definition) is 0. The number of benzene rings is 2. The van der Waals surface area contributed by atoms with E-state index in [1.165, 1.54) is 23.5 Å². The monoisotopic (exact) mass is 350 g/mol. The number of thiazole rings is 1. The number of fused-ring (bicyclic) bond motifs is 1. The lowest BCUT2D eigenvalue weighted by Gasteiger charge is -2.02. The summed E-state index contributed by atoms with van der Waals surface area (Å²) in [5, 5.41) is 0. The van der Waals surface area contributed by atoms with Gasteiger partial charge in [-0.3, -0.25) is 0 Å². The zero-order chi connectivity index (χ0) is 16.8. The summed E-state index contributed by atoms with van der Waals surface area (Å²) in [5.41, 5.74) is 3.15. The van der Waals surface area contributed by atoms with Crippen LogP contribution < -0.4 is 4.80 Å². The van der Waals surface area contributed by atoms with Crippen molar-refractivity contribution in [2.45, 2.75) is 18.7 Å². The molecule has 0 fully saturated rings. The van der Waals surface area contributed by atoms with Crippen LogP contribution >= 0.6 is 11.3 Å². The summed E-state index contributed by atoms with van der Waals surface area (Å²) in [4.78, 5) is 0.363. The molecule has 0 radical (unpaired) electrons. The summed E-state index contributed by atoms with van der Waals surface area (Å²) in [5.74, 6) is -0.484. The van der Waals surface area contributed by atoms with E-state index in [1.54, 1.807) is 11.6 Å². The predicted molar refractivity (Wildman–Crippen MR) is 89.4 cm³/mol. The maximum absolute atomic E-state index is 13.0. The number of sulfonamides is 1. The highest BCUT2D eigenvalue weighted by Crippen LogP contribution is 2.23. The number of aryl methyl sites for hydroxylation is 3. The minimum absolute atomic E-state index is 0.0238. The third-order valence-electron chi connectivity index (χ3n) is 3.54. The lowest BCUT2D eigenvalue weighted by molar-refractivity contribution is 0.595. The van der Waals surface area contributed by atoms with Gasteiger partial charge in [-0.25, -0.2) is 4.39 Å². The largest absolute Gasteiger partial charge is 0.319 e. The van der Waals surface area contributed by atoms with Crippen LogP contribution in [-0.4, -0.2) is 13.0 Å². The first-order chi connectivity index (χ1) is 10.8. The van der Waals surface area contributed by atoms with Gasteiger partial charge in [0.25, 0.3) is 10.0 Å². The fourth-order valence-electron chi connectivity index (χ4n) is 2.53. The highest BCUT2D eigenvalue weighted by atomic mass is 32.2.